The van der Waals surface area contributed by atoms with Gasteiger partial charge in [0, 0.05) is 24.9 Å². The van der Waals surface area contributed by atoms with Crippen molar-refractivity contribution in [2.45, 2.75) is 35.6 Å². The Kier molecular flexibility index (Phi) is 6.51. The zero-order valence-corrected chi connectivity index (χ0v) is 19.2. The number of thiazole rings is 1. The Bertz CT molecular complexity index is 1190. The van der Waals surface area contributed by atoms with E-state index in [2.05, 4.69) is 4.98 Å². The molecule has 1 aliphatic heterocycles. The van der Waals surface area contributed by atoms with Gasteiger partial charge >= 0.3 is 6.18 Å². The fourth-order valence-electron chi connectivity index (χ4n) is 3.76. The Balaban J connectivity index is 1.45. The molecule has 0 spiro atoms. The molecule has 3 aromatic rings. The maximum atomic E-state index is 13.1. The maximum Gasteiger partial charge on any atom is 0.416 e. The minimum atomic E-state index is -4.64. The number of anilines is 1. The van der Waals surface area contributed by atoms with Crippen molar-refractivity contribution in [3.63, 3.8) is 0 Å². The summed E-state index contributed by atoms with van der Waals surface area (Å²) in [5.41, 5.74) is 1.08. The summed E-state index contributed by atoms with van der Waals surface area (Å²) in [5, 5.41) is 1.84. The average molecular weight is 501 g/mol. The highest BCUT2D eigenvalue weighted by Crippen LogP contribution is 2.36. The Hall–Kier alpha value is -2.10. The molecular weight excluding hydrogens is 481 g/mol. The lowest BCUT2D eigenvalue weighted by Crippen LogP contribution is -2.39. The molecule has 32 heavy (non-hydrogen) atoms. The molecular formula is C22H20ClF3N2O2S2. The zero-order valence-electron chi connectivity index (χ0n) is 16.8. The van der Waals surface area contributed by atoms with E-state index in [-0.39, 0.29) is 5.02 Å². The van der Waals surface area contributed by atoms with Crippen LogP contribution in [0.1, 0.15) is 29.7 Å². The molecule has 10 heteroatoms. The average Bonchev–Trinajstić information content (AvgIpc) is 3.22. The van der Waals surface area contributed by atoms with Crippen molar-refractivity contribution < 1.29 is 21.6 Å². The number of piperidine rings is 1. The monoisotopic (exact) mass is 500 g/mol. The quantitative estimate of drug-likeness (QED) is 0.441. The van der Waals surface area contributed by atoms with Gasteiger partial charge in [0.2, 0.25) is 0 Å². The largest absolute Gasteiger partial charge is 0.416 e. The van der Waals surface area contributed by atoms with Gasteiger partial charge in [-0.05, 0) is 36.6 Å². The summed E-state index contributed by atoms with van der Waals surface area (Å²) in [6, 6.07) is 12.4. The van der Waals surface area contributed by atoms with E-state index in [1.165, 1.54) is 11.3 Å². The number of sulfone groups is 1. The van der Waals surface area contributed by atoms with Gasteiger partial charge in [-0.2, -0.15) is 13.2 Å². The summed E-state index contributed by atoms with van der Waals surface area (Å²) in [6.45, 7) is 0.914. The molecule has 0 radical (unpaired) electrons. The van der Waals surface area contributed by atoms with Crippen LogP contribution in [0.5, 0.6) is 0 Å². The number of aromatic nitrogens is 1. The molecule has 170 valence electrons. The highest BCUT2D eigenvalue weighted by Gasteiger charge is 2.36. The van der Waals surface area contributed by atoms with E-state index in [1.807, 2.05) is 40.6 Å². The van der Waals surface area contributed by atoms with E-state index in [9.17, 15) is 21.6 Å². The predicted octanol–water partition coefficient (Wildman–Crippen LogP) is 5.85. The van der Waals surface area contributed by atoms with Crippen LogP contribution < -0.4 is 4.90 Å². The number of halogens is 4. The second kappa shape index (κ2) is 9.03. The Morgan fingerprint density at radius 3 is 2.44 bits per heavy atom. The standard InChI is InChI=1S/C22H20ClF3N2O2S2/c23-19-7-6-16(22(24,25)26)13-20(19)32(29,30)18-8-10-28(11-9-18)21-27-17(14-31-21)12-15-4-2-1-3-5-15/h1-7,13-14,18H,8-12H2. The minimum Gasteiger partial charge on any atom is -0.348 e. The van der Waals surface area contributed by atoms with Gasteiger partial charge in [0.15, 0.2) is 15.0 Å². The fraction of sp³-hybridized carbons (Fsp3) is 0.318. The highest BCUT2D eigenvalue weighted by molar-refractivity contribution is 7.92. The molecule has 0 amide bonds. The lowest BCUT2D eigenvalue weighted by molar-refractivity contribution is -0.137. The van der Waals surface area contributed by atoms with Crippen LogP contribution in [0.3, 0.4) is 0 Å². The van der Waals surface area contributed by atoms with Crippen LogP contribution in [0.25, 0.3) is 0 Å². The molecule has 0 atom stereocenters. The molecule has 0 unspecified atom stereocenters. The number of nitrogens with zero attached hydrogens (tertiary/aromatic N) is 2. The topological polar surface area (TPSA) is 50.3 Å². The molecule has 1 aromatic heterocycles. The van der Waals surface area contributed by atoms with E-state index in [0.29, 0.717) is 32.0 Å². The first-order valence-electron chi connectivity index (χ1n) is 9.98. The summed E-state index contributed by atoms with van der Waals surface area (Å²) in [4.78, 5) is 6.25. The molecule has 1 saturated heterocycles. The summed E-state index contributed by atoms with van der Waals surface area (Å²) in [5.74, 6) is 0. The highest BCUT2D eigenvalue weighted by atomic mass is 35.5. The second-order valence-electron chi connectivity index (χ2n) is 7.66. The van der Waals surface area contributed by atoms with Gasteiger partial charge in [-0.25, -0.2) is 13.4 Å². The van der Waals surface area contributed by atoms with Crippen LogP contribution >= 0.6 is 22.9 Å². The molecule has 0 aliphatic carbocycles. The third-order valence-corrected chi connectivity index (χ3v) is 9.18. The molecule has 1 aliphatic rings. The molecule has 0 bridgehead atoms. The van der Waals surface area contributed by atoms with Crippen LogP contribution in [0.4, 0.5) is 18.3 Å². The smallest absolute Gasteiger partial charge is 0.348 e. The normalized spacial score (nSPS) is 15.8. The first kappa shape index (κ1) is 23.1. The van der Waals surface area contributed by atoms with Crippen LogP contribution in [-0.2, 0) is 22.4 Å². The summed E-state index contributed by atoms with van der Waals surface area (Å²) < 4.78 is 65.3. The van der Waals surface area contributed by atoms with Crippen LogP contribution in [0.2, 0.25) is 5.02 Å². The molecule has 1 fully saturated rings. The number of hydrogen-bond acceptors (Lipinski definition) is 5. The second-order valence-corrected chi connectivity index (χ2v) is 11.1. The number of rotatable bonds is 5. The van der Waals surface area contributed by atoms with E-state index >= 15 is 0 Å². The van der Waals surface area contributed by atoms with Crippen molar-refractivity contribution in [1.29, 1.82) is 0 Å². The summed E-state index contributed by atoms with van der Waals surface area (Å²) in [6.07, 6.45) is -3.33. The predicted molar refractivity (Wildman–Crippen MR) is 120 cm³/mol. The van der Waals surface area contributed by atoms with Gasteiger partial charge in [0.25, 0.3) is 0 Å². The molecule has 4 rings (SSSR count). The lowest BCUT2D eigenvalue weighted by atomic mass is 10.1. The van der Waals surface area contributed by atoms with Crippen LogP contribution in [0, 0.1) is 0 Å². The van der Waals surface area contributed by atoms with Gasteiger partial charge in [0.1, 0.15) is 0 Å². The van der Waals surface area contributed by atoms with Gasteiger partial charge < -0.3 is 4.90 Å². The van der Waals surface area contributed by atoms with Crippen molar-refractivity contribution in [2.75, 3.05) is 18.0 Å². The van der Waals surface area contributed by atoms with Gasteiger partial charge in [-0.1, -0.05) is 41.9 Å². The number of hydrogen-bond donors (Lipinski definition) is 0. The Morgan fingerprint density at radius 2 is 1.78 bits per heavy atom. The minimum absolute atomic E-state index is 0.189. The van der Waals surface area contributed by atoms with Gasteiger partial charge in [-0.3, -0.25) is 0 Å². The van der Waals surface area contributed by atoms with Crippen LogP contribution in [-0.4, -0.2) is 31.7 Å². The van der Waals surface area contributed by atoms with E-state index in [1.54, 1.807) is 0 Å². The van der Waals surface area contributed by atoms with Gasteiger partial charge in [-0.15, -0.1) is 11.3 Å². The van der Waals surface area contributed by atoms with Crippen molar-refractivity contribution in [3.8, 4) is 0 Å². The maximum absolute atomic E-state index is 13.1. The lowest BCUT2D eigenvalue weighted by Gasteiger charge is -2.31. The third-order valence-electron chi connectivity index (χ3n) is 5.48. The van der Waals surface area contributed by atoms with Crippen molar-refractivity contribution >= 4 is 37.9 Å². The Morgan fingerprint density at radius 1 is 1.09 bits per heavy atom. The molecule has 2 heterocycles. The first-order valence-corrected chi connectivity index (χ1v) is 12.8. The van der Waals surface area contributed by atoms with Crippen molar-refractivity contribution in [3.05, 3.63) is 75.8 Å². The molecule has 0 saturated carbocycles. The molecule has 2 aromatic carbocycles. The fourth-order valence-corrected chi connectivity index (χ4v) is 6.90. The summed E-state index contributed by atoms with van der Waals surface area (Å²) >= 11 is 7.49. The van der Waals surface area contributed by atoms with E-state index in [0.717, 1.165) is 34.9 Å². The number of alkyl halides is 3. The van der Waals surface area contributed by atoms with Crippen LogP contribution in [0.15, 0.2) is 58.8 Å². The molecule has 0 N–H and O–H groups in total. The van der Waals surface area contributed by atoms with E-state index < -0.39 is 31.7 Å². The molecule has 4 nitrogen and oxygen atoms in total. The Labute approximate surface area is 193 Å². The zero-order chi connectivity index (χ0) is 22.9. The number of benzene rings is 2. The van der Waals surface area contributed by atoms with Gasteiger partial charge in [0.05, 0.1) is 26.4 Å². The van der Waals surface area contributed by atoms with Crippen molar-refractivity contribution in [1.82, 2.24) is 4.98 Å². The summed E-state index contributed by atoms with van der Waals surface area (Å²) in [7, 11) is -3.99. The van der Waals surface area contributed by atoms with Crippen molar-refractivity contribution in [2.24, 2.45) is 0 Å². The SMILES string of the molecule is O=S(=O)(c1cc(C(F)(F)F)ccc1Cl)C1CCN(c2nc(Cc3ccccc3)cs2)CC1. The first-order chi connectivity index (χ1) is 15.1. The third kappa shape index (κ3) is 4.94. The van der Waals surface area contributed by atoms with E-state index in [4.69, 9.17) is 11.6 Å².